The fourth-order valence-electron chi connectivity index (χ4n) is 1.31. The van der Waals surface area contributed by atoms with Gasteiger partial charge in [0.15, 0.2) is 5.82 Å². The number of halogens is 2. The molecule has 0 aromatic heterocycles. The molecule has 0 spiro atoms. The van der Waals surface area contributed by atoms with E-state index in [-0.39, 0.29) is 15.7 Å². The molecule has 18 heavy (non-hydrogen) atoms. The lowest BCUT2D eigenvalue weighted by Crippen LogP contribution is -2.43. The lowest BCUT2D eigenvalue weighted by atomic mass is 9.86. The Morgan fingerprint density at radius 2 is 2.22 bits per heavy atom. The standard InChI is InChI=1S/C12H14ClFN2OS/c1-3-12(2,10(15)18)11(17)16-8-6-4-5-7(13)9(8)14/h4-6H,3H2,1-2H3,(H2,15,18)(H,16,17). The number of carbonyl (C=O) groups is 1. The van der Waals surface area contributed by atoms with Gasteiger partial charge in [0, 0.05) is 0 Å². The number of anilines is 1. The highest BCUT2D eigenvalue weighted by Crippen LogP contribution is 2.27. The lowest BCUT2D eigenvalue weighted by molar-refractivity contribution is -0.121. The molecule has 0 saturated carbocycles. The van der Waals surface area contributed by atoms with Gasteiger partial charge >= 0.3 is 0 Å². The number of thiocarbonyl (C=S) groups is 1. The van der Waals surface area contributed by atoms with Crippen molar-refractivity contribution in [3.05, 3.63) is 29.0 Å². The van der Waals surface area contributed by atoms with Gasteiger partial charge in [0.25, 0.3) is 0 Å². The van der Waals surface area contributed by atoms with Crippen LogP contribution >= 0.6 is 23.8 Å². The first-order chi connectivity index (χ1) is 8.32. The molecule has 3 nitrogen and oxygen atoms in total. The van der Waals surface area contributed by atoms with Crippen LogP contribution in [0.25, 0.3) is 0 Å². The SMILES string of the molecule is CCC(C)(C(=O)Nc1cccc(Cl)c1F)C(N)=S. The minimum Gasteiger partial charge on any atom is -0.392 e. The van der Waals surface area contributed by atoms with Crippen LogP contribution in [0.5, 0.6) is 0 Å². The third-order valence-electron chi connectivity index (χ3n) is 2.95. The average Bonchev–Trinajstić information content (AvgIpc) is 2.33. The monoisotopic (exact) mass is 288 g/mol. The molecule has 0 radical (unpaired) electrons. The number of nitrogens with one attached hydrogen (secondary N) is 1. The molecule has 0 aliphatic heterocycles. The largest absolute Gasteiger partial charge is 0.392 e. The summed E-state index contributed by atoms with van der Waals surface area (Å²) in [6, 6.07) is 4.37. The van der Waals surface area contributed by atoms with Crippen molar-refractivity contribution in [1.82, 2.24) is 0 Å². The Kier molecular flexibility index (Phi) is 4.65. The molecule has 1 aromatic rings. The van der Waals surface area contributed by atoms with Crippen molar-refractivity contribution in [2.75, 3.05) is 5.32 Å². The molecule has 0 aliphatic carbocycles. The number of hydrogen-bond acceptors (Lipinski definition) is 2. The molecule has 0 saturated heterocycles. The first-order valence-electron chi connectivity index (χ1n) is 5.38. The predicted octanol–water partition coefficient (Wildman–Crippen LogP) is 3.12. The van der Waals surface area contributed by atoms with Gasteiger partial charge in [-0.2, -0.15) is 0 Å². The van der Waals surface area contributed by atoms with E-state index in [0.29, 0.717) is 6.42 Å². The molecule has 0 heterocycles. The number of hydrogen-bond donors (Lipinski definition) is 2. The Bertz CT molecular complexity index is 495. The Balaban J connectivity index is 3.01. The van der Waals surface area contributed by atoms with Crippen molar-refractivity contribution in [3.63, 3.8) is 0 Å². The number of nitrogens with two attached hydrogens (primary N) is 1. The van der Waals surface area contributed by atoms with E-state index in [2.05, 4.69) is 5.32 Å². The van der Waals surface area contributed by atoms with E-state index < -0.39 is 17.1 Å². The molecule has 1 amide bonds. The fraction of sp³-hybridized carbons (Fsp3) is 0.333. The van der Waals surface area contributed by atoms with Crippen LogP contribution in [-0.2, 0) is 4.79 Å². The van der Waals surface area contributed by atoms with Crippen LogP contribution < -0.4 is 11.1 Å². The maximum Gasteiger partial charge on any atom is 0.237 e. The summed E-state index contributed by atoms with van der Waals surface area (Å²) in [5, 5.41) is 2.40. The zero-order valence-electron chi connectivity index (χ0n) is 10.1. The molecule has 0 fully saturated rings. The van der Waals surface area contributed by atoms with Crippen LogP contribution in [-0.4, -0.2) is 10.9 Å². The van der Waals surface area contributed by atoms with Crippen molar-refractivity contribution < 1.29 is 9.18 Å². The van der Waals surface area contributed by atoms with E-state index in [4.69, 9.17) is 29.6 Å². The van der Waals surface area contributed by atoms with Gasteiger partial charge in [0.2, 0.25) is 5.91 Å². The summed E-state index contributed by atoms with van der Waals surface area (Å²) in [5.41, 5.74) is 4.56. The molecule has 0 bridgehead atoms. The van der Waals surface area contributed by atoms with Crippen LogP contribution in [0, 0.1) is 11.2 Å². The highest BCUT2D eigenvalue weighted by molar-refractivity contribution is 7.80. The van der Waals surface area contributed by atoms with Crippen molar-refractivity contribution in [2.24, 2.45) is 11.1 Å². The molecule has 98 valence electrons. The second kappa shape index (κ2) is 5.63. The molecular weight excluding hydrogens is 275 g/mol. The Hall–Kier alpha value is -1.20. The van der Waals surface area contributed by atoms with E-state index in [0.717, 1.165) is 0 Å². The molecule has 1 aromatic carbocycles. The van der Waals surface area contributed by atoms with E-state index in [1.54, 1.807) is 19.9 Å². The van der Waals surface area contributed by atoms with Crippen molar-refractivity contribution in [2.45, 2.75) is 20.3 Å². The van der Waals surface area contributed by atoms with Crippen molar-refractivity contribution >= 4 is 40.4 Å². The zero-order chi connectivity index (χ0) is 13.9. The summed E-state index contributed by atoms with van der Waals surface area (Å²) in [7, 11) is 0. The number of carbonyl (C=O) groups excluding carboxylic acids is 1. The van der Waals surface area contributed by atoms with E-state index in [9.17, 15) is 9.18 Å². The summed E-state index contributed by atoms with van der Waals surface area (Å²) >= 11 is 10.5. The summed E-state index contributed by atoms with van der Waals surface area (Å²) in [6.45, 7) is 3.40. The minimum absolute atomic E-state index is 0.0171. The number of amides is 1. The molecule has 0 aliphatic rings. The van der Waals surface area contributed by atoms with Crippen LogP contribution in [0.15, 0.2) is 18.2 Å². The van der Waals surface area contributed by atoms with Gasteiger partial charge in [-0.1, -0.05) is 36.8 Å². The first kappa shape index (κ1) is 14.9. The maximum absolute atomic E-state index is 13.6. The zero-order valence-corrected chi connectivity index (χ0v) is 11.7. The molecule has 1 atom stereocenters. The second-order valence-corrected chi connectivity index (χ2v) is 4.95. The van der Waals surface area contributed by atoms with Gasteiger partial charge in [-0.15, -0.1) is 0 Å². The first-order valence-corrected chi connectivity index (χ1v) is 6.17. The third-order valence-corrected chi connectivity index (χ3v) is 3.69. The van der Waals surface area contributed by atoms with Crippen molar-refractivity contribution in [1.29, 1.82) is 0 Å². The highest BCUT2D eigenvalue weighted by atomic mass is 35.5. The summed E-state index contributed by atoms with van der Waals surface area (Å²) in [5.74, 6) is -1.12. The molecule has 1 rings (SSSR count). The van der Waals surface area contributed by atoms with Gasteiger partial charge in [-0.25, -0.2) is 4.39 Å². The van der Waals surface area contributed by atoms with E-state index in [1.165, 1.54) is 12.1 Å². The summed E-state index contributed by atoms with van der Waals surface area (Å²) in [6.07, 6.45) is 0.427. The quantitative estimate of drug-likeness (QED) is 0.837. The highest BCUT2D eigenvalue weighted by Gasteiger charge is 2.35. The fourth-order valence-corrected chi connectivity index (χ4v) is 1.72. The minimum atomic E-state index is -1.01. The topological polar surface area (TPSA) is 55.1 Å². The van der Waals surface area contributed by atoms with E-state index >= 15 is 0 Å². The van der Waals surface area contributed by atoms with Gasteiger partial charge in [0.1, 0.15) is 0 Å². The van der Waals surface area contributed by atoms with E-state index in [1.807, 2.05) is 0 Å². The third kappa shape index (κ3) is 2.79. The van der Waals surface area contributed by atoms with Crippen LogP contribution in [0.4, 0.5) is 10.1 Å². The Morgan fingerprint density at radius 1 is 1.61 bits per heavy atom. The average molecular weight is 289 g/mol. The molecule has 3 N–H and O–H groups in total. The van der Waals surface area contributed by atoms with Crippen LogP contribution in [0.1, 0.15) is 20.3 Å². The summed E-state index contributed by atoms with van der Waals surface area (Å²) in [4.78, 5) is 12.2. The second-order valence-electron chi connectivity index (χ2n) is 4.11. The smallest absolute Gasteiger partial charge is 0.237 e. The molecule has 6 heteroatoms. The van der Waals surface area contributed by atoms with Gasteiger partial charge in [0.05, 0.1) is 21.1 Å². The van der Waals surface area contributed by atoms with Crippen LogP contribution in [0.2, 0.25) is 5.02 Å². The van der Waals surface area contributed by atoms with Gasteiger partial charge in [-0.05, 0) is 25.5 Å². The lowest BCUT2D eigenvalue weighted by Gasteiger charge is -2.25. The van der Waals surface area contributed by atoms with Gasteiger partial charge < -0.3 is 11.1 Å². The number of rotatable bonds is 4. The van der Waals surface area contributed by atoms with Gasteiger partial charge in [-0.3, -0.25) is 4.79 Å². The number of benzene rings is 1. The maximum atomic E-state index is 13.6. The molecule has 1 unspecified atom stereocenters. The Morgan fingerprint density at radius 3 is 2.72 bits per heavy atom. The predicted molar refractivity (Wildman–Crippen MR) is 75.2 cm³/mol. The van der Waals surface area contributed by atoms with Crippen LogP contribution in [0.3, 0.4) is 0 Å². The molecular formula is C12H14ClFN2OS. The Labute approximate surface area is 115 Å². The normalized spacial score (nSPS) is 13.8. The van der Waals surface area contributed by atoms with Crippen molar-refractivity contribution in [3.8, 4) is 0 Å². The summed E-state index contributed by atoms with van der Waals surface area (Å²) < 4.78 is 13.6.